The third-order valence-corrected chi connectivity index (χ3v) is 6.75. The fourth-order valence-electron chi connectivity index (χ4n) is 4.21. The number of benzene rings is 2. The largest absolute Gasteiger partial charge is 0.497 e. The molecule has 5 rings (SSSR count). The minimum atomic E-state index is 0.0241. The van der Waals surface area contributed by atoms with Crippen molar-refractivity contribution >= 4 is 34.4 Å². The number of hydrogen-bond acceptors (Lipinski definition) is 6. The average molecular weight is 461 g/mol. The van der Waals surface area contributed by atoms with Crippen molar-refractivity contribution in [3.05, 3.63) is 65.3 Å². The molecule has 4 aromatic rings. The summed E-state index contributed by atoms with van der Waals surface area (Å²) in [4.78, 5) is 19.8. The van der Waals surface area contributed by atoms with Gasteiger partial charge in [-0.2, -0.15) is 5.10 Å². The predicted molar refractivity (Wildman–Crippen MR) is 128 cm³/mol. The van der Waals surface area contributed by atoms with Gasteiger partial charge in [0.25, 0.3) is 0 Å². The molecule has 168 valence electrons. The van der Waals surface area contributed by atoms with Crippen LogP contribution in [0.1, 0.15) is 17.7 Å². The Balaban J connectivity index is 1.52. The first kappa shape index (κ1) is 21.3. The van der Waals surface area contributed by atoms with Gasteiger partial charge in [-0.1, -0.05) is 36.0 Å². The van der Waals surface area contributed by atoms with Crippen molar-refractivity contribution in [3.63, 3.8) is 0 Å². The van der Waals surface area contributed by atoms with Crippen LogP contribution in [0.4, 0.5) is 5.69 Å². The van der Waals surface area contributed by atoms with Gasteiger partial charge in [0.15, 0.2) is 10.8 Å². The Bertz CT molecular complexity index is 1410. The highest BCUT2D eigenvalue weighted by Crippen LogP contribution is 2.29. The van der Waals surface area contributed by atoms with Crippen LogP contribution in [-0.4, -0.2) is 45.1 Å². The molecule has 1 amide bonds. The first-order valence-corrected chi connectivity index (χ1v) is 11.7. The van der Waals surface area contributed by atoms with E-state index >= 15 is 0 Å². The fraction of sp³-hybridized carbons (Fsp3) is 0.250. The molecule has 3 heterocycles. The zero-order valence-electron chi connectivity index (χ0n) is 18.5. The standard InChI is InChI=1S/C24H24N6O2S/c1-15-21-22(25)30(17-9-5-10-18(13-17)32-2)24(26-23(21)28-27-15)33-14-20(31)29-12-6-8-16-7-3-4-11-19(16)29/h3-5,7,9-11,13,25H,6,8,12,14H2,1-2H3,(H,27,28). The number of rotatable bonds is 5. The van der Waals surface area contributed by atoms with Gasteiger partial charge in [-0.15, -0.1) is 0 Å². The third-order valence-electron chi connectivity index (χ3n) is 5.83. The van der Waals surface area contributed by atoms with Gasteiger partial charge >= 0.3 is 0 Å². The molecule has 0 fully saturated rings. The number of thioether (sulfide) groups is 1. The fourth-order valence-corrected chi connectivity index (χ4v) is 5.10. The average Bonchev–Trinajstić information content (AvgIpc) is 3.22. The lowest BCUT2D eigenvalue weighted by Crippen LogP contribution is -2.36. The number of carbonyl (C=O) groups excluding carboxylic acids is 1. The van der Waals surface area contributed by atoms with Gasteiger partial charge in [0.05, 0.1) is 23.9 Å². The summed E-state index contributed by atoms with van der Waals surface area (Å²) in [5, 5.41) is 17.2. The summed E-state index contributed by atoms with van der Waals surface area (Å²) < 4.78 is 7.13. The number of hydrogen-bond donors (Lipinski definition) is 2. The molecule has 0 bridgehead atoms. The number of aromatic nitrogens is 4. The maximum absolute atomic E-state index is 13.2. The van der Waals surface area contributed by atoms with E-state index in [4.69, 9.17) is 15.1 Å². The topological polar surface area (TPSA) is 99.9 Å². The van der Waals surface area contributed by atoms with Crippen LogP contribution in [-0.2, 0) is 11.2 Å². The number of amides is 1. The molecular weight excluding hydrogens is 436 g/mol. The second kappa shape index (κ2) is 8.74. The number of anilines is 1. The van der Waals surface area contributed by atoms with E-state index in [1.807, 2.05) is 54.3 Å². The Hall–Kier alpha value is -3.59. The zero-order valence-corrected chi connectivity index (χ0v) is 19.3. The molecule has 8 nitrogen and oxygen atoms in total. The van der Waals surface area contributed by atoms with Crippen molar-refractivity contribution in [2.75, 3.05) is 24.3 Å². The molecule has 2 N–H and O–H groups in total. The second-order valence-corrected chi connectivity index (χ2v) is 8.84. The number of methoxy groups -OCH3 is 1. The number of fused-ring (bicyclic) bond motifs is 2. The highest BCUT2D eigenvalue weighted by atomic mass is 32.2. The van der Waals surface area contributed by atoms with Gasteiger partial charge in [0.1, 0.15) is 11.2 Å². The number of nitrogens with one attached hydrogen (secondary N) is 2. The Morgan fingerprint density at radius 3 is 2.94 bits per heavy atom. The Kier molecular flexibility index (Phi) is 5.63. The monoisotopic (exact) mass is 460 g/mol. The summed E-state index contributed by atoms with van der Waals surface area (Å²) in [6, 6.07) is 15.6. The Morgan fingerprint density at radius 2 is 2.09 bits per heavy atom. The third kappa shape index (κ3) is 3.89. The molecule has 1 aliphatic rings. The van der Waals surface area contributed by atoms with Gasteiger partial charge < -0.3 is 9.64 Å². The van der Waals surface area contributed by atoms with E-state index in [1.165, 1.54) is 17.3 Å². The minimum Gasteiger partial charge on any atom is -0.497 e. The van der Waals surface area contributed by atoms with Crippen molar-refractivity contribution in [3.8, 4) is 11.4 Å². The number of H-pyrrole nitrogens is 1. The van der Waals surface area contributed by atoms with E-state index in [0.29, 0.717) is 28.5 Å². The number of nitrogens with zero attached hydrogens (tertiary/aromatic N) is 4. The predicted octanol–water partition coefficient (Wildman–Crippen LogP) is 3.62. The van der Waals surface area contributed by atoms with Gasteiger partial charge in [0, 0.05) is 24.0 Å². The molecule has 0 aliphatic carbocycles. The van der Waals surface area contributed by atoms with E-state index < -0.39 is 0 Å². The van der Waals surface area contributed by atoms with Crippen LogP contribution in [0.3, 0.4) is 0 Å². The number of para-hydroxylation sites is 1. The molecule has 0 radical (unpaired) electrons. The molecule has 0 saturated carbocycles. The molecule has 9 heteroatoms. The molecule has 2 aromatic carbocycles. The van der Waals surface area contributed by atoms with E-state index in [1.54, 1.807) is 11.7 Å². The van der Waals surface area contributed by atoms with Crippen LogP contribution in [0.5, 0.6) is 5.75 Å². The summed E-state index contributed by atoms with van der Waals surface area (Å²) in [6.45, 7) is 2.58. The number of aryl methyl sites for hydroxylation is 2. The number of aromatic amines is 1. The van der Waals surface area contributed by atoms with Crippen LogP contribution >= 0.6 is 11.8 Å². The molecule has 2 aromatic heterocycles. The second-order valence-electron chi connectivity index (χ2n) is 7.89. The van der Waals surface area contributed by atoms with Crippen molar-refractivity contribution in [1.29, 1.82) is 5.41 Å². The van der Waals surface area contributed by atoms with Gasteiger partial charge in [-0.05, 0) is 43.5 Å². The van der Waals surface area contributed by atoms with Crippen molar-refractivity contribution in [2.24, 2.45) is 0 Å². The molecule has 0 unspecified atom stereocenters. The van der Waals surface area contributed by atoms with Crippen LogP contribution in [0.15, 0.2) is 53.7 Å². The van der Waals surface area contributed by atoms with Gasteiger partial charge in [-0.25, -0.2) is 4.98 Å². The summed E-state index contributed by atoms with van der Waals surface area (Å²) in [5.41, 5.74) is 4.44. The van der Waals surface area contributed by atoms with Gasteiger partial charge in [-0.3, -0.25) is 19.9 Å². The van der Waals surface area contributed by atoms with Crippen LogP contribution in [0.2, 0.25) is 0 Å². The molecule has 0 saturated heterocycles. The summed E-state index contributed by atoms with van der Waals surface area (Å²) in [6.07, 6.45) is 1.94. The van der Waals surface area contributed by atoms with Crippen molar-refractivity contribution in [1.82, 2.24) is 19.7 Å². The summed E-state index contributed by atoms with van der Waals surface area (Å²) in [7, 11) is 1.61. The normalized spacial score (nSPS) is 13.2. The van der Waals surface area contributed by atoms with Crippen molar-refractivity contribution in [2.45, 2.75) is 24.9 Å². The Labute approximate surface area is 195 Å². The lowest BCUT2D eigenvalue weighted by Gasteiger charge is -2.29. The zero-order chi connectivity index (χ0) is 22.9. The molecule has 1 aliphatic heterocycles. The lowest BCUT2D eigenvalue weighted by molar-refractivity contribution is -0.116. The molecule has 0 atom stereocenters. The van der Waals surface area contributed by atoms with Crippen LogP contribution in [0, 0.1) is 12.3 Å². The maximum Gasteiger partial charge on any atom is 0.237 e. The smallest absolute Gasteiger partial charge is 0.237 e. The first-order chi connectivity index (χ1) is 16.1. The Morgan fingerprint density at radius 1 is 1.24 bits per heavy atom. The van der Waals surface area contributed by atoms with Crippen LogP contribution in [0.25, 0.3) is 16.7 Å². The summed E-state index contributed by atoms with van der Waals surface area (Å²) >= 11 is 1.32. The maximum atomic E-state index is 13.2. The molecule has 33 heavy (non-hydrogen) atoms. The SMILES string of the molecule is COc1cccc(-n2c(SCC(=O)N3CCCc4ccccc43)nc3n[nH]c(C)c3c2=N)c1. The first-order valence-electron chi connectivity index (χ1n) is 10.7. The van der Waals surface area contributed by atoms with E-state index in [-0.39, 0.29) is 17.1 Å². The van der Waals surface area contributed by atoms with Crippen LogP contribution < -0.4 is 15.1 Å². The quantitative estimate of drug-likeness (QED) is 0.350. The number of carbonyl (C=O) groups is 1. The highest BCUT2D eigenvalue weighted by molar-refractivity contribution is 7.99. The van der Waals surface area contributed by atoms with E-state index in [0.717, 1.165) is 29.9 Å². The van der Waals surface area contributed by atoms with E-state index in [2.05, 4.69) is 16.3 Å². The minimum absolute atomic E-state index is 0.0241. The highest BCUT2D eigenvalue weighted by Gasteiger charge is 2.23. The lowest BCUT2D eigenvalue weighted by atomic mass is 10.0. The van der Waals surface area contributed by atoms with Gasteiger partial charge in [0.2, 0.25) is 5.91 Å². The number of ether oxygens (including phenoxy) is 1. The molecular formula is C24H24N6O2S. The van der Waals surface area contributed by atoms with Crippen molar-refractivity contribution < 1.29 is 9.53 Å². The van der Waals surface area contributed by atoms with E-state index in [9.17, 15) is 4.79 Å². The molecule has 0 spiro atoms. The summed E-state index contributed by atoms with van der Waals surface area (Å²) in [5.74, 6) is 0.913.